The number of aromatic amines is 1. The second-order valence-electron chi connectivity index (χ2n) is 18.4. The Morgan fingerprint density at radius 2 is 1.26 bits per heavy atom. The minimum absolute atomic E-state index is 0.00863. The molecule has 19 nitrogen and oxygen atoms in total. The summed E-state index contributed by atoms with van der Waals surface area (Å²) in [5, 5.41) is 16.1. The van der Waals surface area contributed by atoms with Crippen LogP contribution in [0.5, 0.6) is 0 Å². The number of aromatic nitrogens is 1. The predicted molar refractivity (Wildman–Crippen MR) is 247 cm³/mol. The first-order valence-corrected chi connectivity index (χ1v) is 22.7. The Morgan fingerprint density at radius 3 is 1.89 bits per heavy atom. The van der Waals surface area contributed by atoms with Crippen molar-refractivity contribution in [3.8, 4) is 0 Å². The lowest BCUT2D eigenvalue weighted by Gasteiger charge is -2.28. The summed E-state index contributed by atoms with van der Waals surface area (Å²) < 4.78 is 33.4. The van der Waals surface area contributed by atoms with Gasteiger partial charge in [-0.15, -0.1) is 0 Å². The van der Waals surface area contributed by atoms with Crippen LogP contribution in [0.25, 0.3) is 21.3 Å². The van der Waals surface area contributed by atoms with Crippen LogP contribution in [0, 0.1) is 10.8 Å². The number of fused-ring (bicyclic) bond motifs is 1. The Kier molecular flexibility index (Phi) is 27.0. The number of nitrogens with zero attached hydrogens (tertiary/aromatic N) is 3. The molecule has 19 heteroatoms. The second kappa shape index (κ2) is 31.2. The third-order valence-corrected chi connectivity index (χ3v) is 9.55. The lowest BCUT2D eigenvalue weighted by atomic mass is 9.89. The maximum Gasteiger partial charge on any atom is 0.306 e. The molecule has 1 heterocycles. The normalized spacial score (nSPS) is 12.3. The number of carbonyl (C=O) groups is 5. The minimum atomic E-state index is -0.967. The summed E-state index contributed by atoms with van der Waals surface area (Å²) in [7, 11) is 0. The van der Waals surface area contributed by atoms with Crippen LogP contribution >= 0.6 is 0 Å². The summed E-state index contributed by atoms with van der Waals surface area (Å²) in [6.45, 7) is 17.4. The van der Waals surface area contributed by atoms with Gasteiger partial charge in [-0.2, -0.15) is 0 Å². The minimum Gasteiger partial charge on any atom is -0.460 e. The van der Waals surface area contributed by atoms with Crippen LogP contribution in [0.15, 0.2) is 35.6 Å². The van der Waals surface area contributed by atoms with Crippen LogP contribution in [-0.2, 0) is 58.8 Å². The molecule has 0 fully saturated rings. The molecule has 0 aliphatic carbocycles. The van der Waals surface area contributed by atoms with Crippen molar-refractivity contribution in [1.82, 2.24) is 26.3 Å². The number of amides is 4. The molecule has 0 saturated carbocycles. The number of hydrogen-bond donors (Lipinski definition) is 5. The number of esters is 1. The van der Waals surface area contributed by atoms with E-state index in [2.05, 4.69) is 42.3 Å². The number of para-hydroxylation sites is 1. The Balaban J connectivity index is 1.48. The van der Waals surface area contributed by atoms with Crippen LogP contribution in [0.2, 0.25) is 0 Å². The molecule has 1 aromatic heterocycles. The van der Waals surface area contributed by atoms with Gasteiger partial charge in [0.05, 0.1) is 66.1 Å². The van der Waals surface area contributed by atoms with Crippen LogP contribution in [0.1, 0.15) is 99.0 Å². The molecule has 0 radical (unpaired) electrons. The zero-order chi connectivity index (χ0) is 48.0. The Labute approximate surface area is 384 Å². The van der Waals surface area contributed by atoms with Crippen molar-refractivity contribution in [2.45, 2.75) is 111 Å². The van der Waals surface area contributed by atoms with Gasteiger partial charge < -0.3 is 54.7 Å². The first-order valence-electron chi connectivity index (χ1n) is 22.7. The average molecular weight is 917 g/mol. The molecule has 0 unspecified atom stereocenters. The largest absolute Gasteiger partial charge is 0.460 e. The summed E-state index contributed by atoms with van der Waals surface area (Å²) in [6.07, 6.45) is 4.97. The van der Waals surface area contributed by atoms with Gasteiger partial charge in [0.1, 0.15) is 11.6 Å². The molecule has 4 amide bonds. The summed E-state index contributed by atoms with van der Waals surface area (Å²) in [5.74, 6) is -1.38. The average Bonchev–Trinajstić information content (AvgIpc) is 3.64. The third kappa shape index (κ3) is 28.0. The van der Waals surface area contributed by atoms with Crippen molar-refractivity contribution < 1.29 is 52.4 Å². The van der Waals surface area contributed by atoms with Crippen molar-refractivity contribution >= 4 is 40.5 Å². The smallest absolute Gasteiger partial charge is 0.306 e. The van der Waals surface area contributed by atoms with Gasteiger partial charge in [-0.3, -0.25) is 24.0 Å². The first kappa shape index (κ1) is 56.3. The van der Waals surface area contributed by atoms with Crippen LogP contribution in [0.4, 0.5) is 0 Å². The van der Waals surface area contributed by atoms with Crippen molar-refractivity contribution in [3.63, 3.8) is 0 Å². The Hall–Kier alpha value is -4.78. The highest BCUT2D eigenvalue weighted by Gasteiger charge is 2.29. The number of aryl methyl sites for hydroxylation is 1. The van der Waals surface area contributed by atoms with E-state index >= 15 is 0 Å². The van der Waals surface area contributed by atoms with Crippen LogP contribution in [-0.4, -0.2) is 138 Å². The highest BCUT2D eigenvalue weighted by Crippen LogP contribution is 2.24. The summed E-state index contributed by atoms with van der Waals surface area (Å²) >= 11 is 0. The third-order valence-electron chi connectivity index (χ3n) is 9.55. The van der Waals surface area contributed by atoms with Gasteiger partial charge in [0.2, 0.25) is 23.6 Å². The van der Waals surface area contributed by atoms with Crippen LogP contribution in [0.3, 0.4) is 0 Å². The molecular weight excluding hydrogens is 841 g/mol. The fourth-order valence-corrected chi connectivity index (χ4v) is 6.35. The number of azide groups is 1. The van der Waals surface area contributed by atoms with Gasteiger partial charge in [0.25, 0.3) is 0 Å². The van der Waals surface area contributed by atoms with E-state index in [0.29, 0.717) is 85.2 Å². The van der Waals surface area contributed by atoms with E-state index in [1.54, 1.807) is 20.8 Å². The van der Waals surface area contributed by atoms with E-state index < -0.39 is 28.9 Å². The summed E-state index contributed by atoms with van der Waals surface area (Å²) in [4.78, 5) is 69.0. The molecule has 0 aliphatic heterocycles. The fourth-order valence-electron chi connectivity index (χ4n) is 6.35. The Morgan fingerprint density at radius 1 is 0.692 bits per heavy atom. The number of hydrogen-bond acceptors (Lipinski definition) is 12. The maximum atomic E-state index is 13.1. The number of nitrogens with one attached hydrogen (secondary N) is 5. The second-order valence-corrected chi connectivity index (χ2v) is 18.4. The maximum absolute atomic E-state index is 13.1. The SMILES string of the molecule is CC(C)(CN=[N+]=[N-])COCC(C)(C)CC(=O)N[C@H](CCC(=O)OC(C)(C)C)C(=O)NCCOCCOCCOCCOCCNC(=O)CCCNC(=O)CCCc1c[nH]c2ccccc12. The van der Waals surface area contributed by atoms with Crippen molar-refractivity contribution in [2.75, 3.05) is 92.2 Å². The molecule has 366 valence electrons. The zero-order valence-corrected chi connectivity index (χ0v) is 39.9. The van der Waals surface area contributed by atoms with Gasteiger partial charge >= 0.3 is 5.97 Å². The number of rotatable bonds is 36. The monoisotopic (exact) mass is 917 g/mol. The summed E-state index contributed by atoms with van der Waals surface area (Å²) in [6, 6.07) is 7.15. The summed E-state index contributed by atoms with van der Waals surface area (Å²) in [5.41, 5.74) is 9.31. The number of benzene rings is 1. The first-order chi connectivity index (χ1) is 30.9. The molecule has 65 heavy (non-hydrogen) atoms. The molecular formula is C46H76N8O11. The van der Waals surface area contributed by atoms with Gasteiger partial charge in [-0.05, 0) is 74.4 Å². The predicted octanol–water partition coefficient (Wildman–Crippen LogP) is 5.06. The standard InChI is InChI=1S/C46H76N8O11/c1-44(2,3)65-42(58)18-17-38(53-41(57)30-45(4,5)33-64-34-46(6,7)32-52-54-47)43(59)50-21-23-61-25-27-63-29-28-62-26-24-60-22-20-49-40(56)16-11-19-48-39(55)15-10-12-35-31-51-37-14-9-8-13-36(35)37/h8-9,13-14,31,38,51H,10-12,15-30,32-34H2,1-7H3,(H,48,55)(H,49,56)(H,50,59)(H,53,57)/t38-/m1/s1. The highest BCUT2D eigenvalue weighted by atomic mass is 16.6. The quantitative estimate of drug-likeness (QED) is 0.0199. The number of ether oxygens (including phenoxy) is 6. The van der Waals surface area contributed by atoms with Crippen molar-refractivity contribution in [1.29, 1.82) is 0 Å². The molecule has 0 saturated heterocycles. The van der Waals surface area contributed by atoms with E-state index in [-0.39, 0.29) is 68.7 Å². The number of carbonyl (C=O) groups excluding carboxylic acids is 5. The van der Waals surface area contributed by atoms with Gasteiger partial charge in [-0.1, -0.05) is 51.0 Å². The number of H-pyrrole nitrogens is 1. The van der Waals surface area contributed by atoms with Gasteiger partial charge in [0.15, 0.2) is 0 Å². The van der Waals surface area contributed by atoms with Gasteiger partial charge in [-0.25, -0.2) is 0 Å². The molecule has 2 aromatic rings. The van der Waals surface area contributed by atoms with Crippen molar-refractivity contribution in [2.24, 2.45) is 15.9 Å². The molecule has 0 spiro atoms. The van der Waals surface area contributed by atoms with E-state index in [9.17, 15) is 24.0 Å². The molecule has 0 aliphatic rings. The van der Waals surface area contributed by atoms with Gasteiger partial charge in [0, 0.05) is 73.9 Å². The van der Waals surface area contributed by atoms with E-state index in [1.165, 1.54) is 10.9 Å². The van der Waals surface area contributed by atoms with Crippen molar-refractivity contribution in [3.05, 3.63) is 46.5 Å². The molecule has 2 rings (SSSR count). The molecule has 5 N–H and O–H groups in total. The fraction of sp³-hybridized carbons (Fsp3) is 0.717. The Bertz CT molecular complexity index is 1770. The lowest BCUT2D eigenvalue weighted by Crippen LogP contribution is -2.48. The highest BCUT2D eigenvalue weighted by molar-refractivity contribution is 5.88. The van der Waals surface area contributed by atoms with E-state index in [1.807, 2.05) is 52.1 Å². The molecule has 1 atom stereocenters. The molecule has 0 bridgehead atoms. The van der Waals surface area contributed by atoms with E-state index in [0.717, 1.165) is 18.4 Å². The topological polar surface area (TPSA) is 253 Å². The van der Waals surface area contributed by atoms with Crippen LogP contribution < -0.4 is 21.3 Å². The molecule has 1 aromatic carbocycles. The lowest BCUT2D eigenvalue weighted by molar-refractivity contribution is -0.155. The van der Waals surface area contributed by atoms with E-state index in [4.69, 9.17) is 34.0 Å². The zero-order valence-electron chi connectivity index (χ0n) is 39.9.